The molecular formula is C10H13ClN2O3S. The maximum Gasteiger partial charge on any atom is 0.235 e. The summed E-state index contributed by atoms with van der Waals surface area (Å²) in [5.41, 5.74) is 5.61. The number of amides is 1. The Hall–Kier alpha value is -1.27. The van der Waals surface area contributed by atoms with Crippen molar-refractivity contribution in [3.8, 4) is 0 Å². The van der Waals surface area contributed by atoms with E-state index >= 15 is 0 Å². The summed E-state index contributed by atoms with van der Waals surface area (Å²) in [5, 5.41) is 2.43. The fourth-order valence-corrected chi connectivity index (χ4v) is 3.26. The smallest absolute Gasteiger partial charge is 0.235 e. The van der Waals surface area contributed by atoms with Gasteiger partial charge in [0.15, 0.2) is 9.84 Å². The van der Waals surface area contributed by atoms with Gasteiger partial charge < -0.3 is 11.1 Å². The summed E-state index contributed by atoms with van der Waals surface area (Å²) in [6.07, 6.45) is 0. The van der Waals surface area contributed by atoms with Crippen LogP contribution in [0.5, 0.6) is 0 Å². The Bertz CT molecular complexity index is 508. The predicted octanol–water partition coefficient (Wildman–Crippen LogP) is 0.832. The third kappa shape index (κ3) is 3.34. The Morgan fingerprint density at radius 3 is 2.65 bits per heavy atom. The number of nitrogen functional groups attached to an aromatic ring is 1. The number of sulfone groups is 1. The zero-order valence-corrected chi connectivity index (χ0v) is 10.8. The van der Waals surface area contributed by atoms with E-state index in [0.717, 1.165) is 0 Å². The minimum atomic E-state index is -3.81. The van der Waals surface area contributed by atoms with Gasteiger partial charge in [-0.15, -0.1) is 0 Å². The molecule has 5 nitrogen and oxygen atoms in total. The number of anilines is 1. The summed E-state index contributed by atoms with van der Waals surface area (Å²) in [5.74, 6) is -1.23. The molecule has 0 radical (unpaired) electrons. The van der Waals surface area contributed by atoms with Gasteiger partial charge in [-0.3, -0.25) is 4.79 Å². The third-order valence-corrected chi connectivity index (χ3v) is 4.15. The number of hydrogen-bond donors (Lipinski definition) is 2. The average molecular weight is 277 g/mol. The van der Waals surface area contributed by atoms with E-state index in [1.807, 2.05) is 0 Å². The molecule has 0 aromatic heterocycles. The molecule has 1 rings (SSSR count). The first-order valence-electron chi connectivity index (χ1n) is 4.92. The van der Waals surface area contributed by atoms with Crippen LogP contribution in [0.3, 0.4) is 0 Å². The minimum absolute atomic E-state index is 0.0225. The standard InChI is InChI=1S/C10H13ClN2O3S/c1-2-13-9(14)6-17(15,16)10-7(11)4-3-5-8(10)12/h3-5H,2,6,12H2,1H3,(H,13,14). The molecule has 7 heteroatoms. The SMILES string of the molecule is CCNC(=O)CS(=O)(=O)c1c(N)cccc1Cl. The van der Waals surface area contributed by atoms with Crippen molar-refractivity contribution in [2.24, 2.45) is 0 Å². The fourth-order valence-electron chi connectivity index (χ4n) is 1.35. The van der Waals surface area contributed by atoms with Crippen LogP contribution in [0.4, 0.5) is 5.69 Å². The summed E-state index contributed by atoms with van der Waals surface area (Å²) in [6.45, 7) is 2.07. The quantitative estimate of drug-likeness (QED) is 0.797. The van der Waals surface area contributed by atoms with Gasteiger partial charge in [0, 0.05) is 6.54 Å². The van der Waals surface area contributed by atoms with Crippen LogP contribution in [0.1, 0.15) is 6.92 Å². The van der Waals surface area contributed by atoms with Crippen LogP contribution in [0.15, 0.2) is 23.1 Å². The third-order valence-electron chi connectivity index (χ3n) is 2.00. The first kappa shape index (κ1) is 13.8. The zero-order valence-electron chi connectivity index (χ0n) is 9.23. The van der Waals surface area contributed by atoms with Gasteiger partial charge in [-0.05, 0) is 19.1 Å². The first-order valence-corrected chi connectivity index (χ1v) is 6.95. The van der Waals surface area contributed by atoms with E-state index in [-0.39, 0.29) is 15.6 Å². The van der Waals surface area contributed by atoms with E-state index in [0.29, 0.717) is 6.54 Å². The first-order chi connectivity index (χ1) is 7.88. The average Bonchev–Trinajstić information content (AvgIpc) is 2.15. The van der Waals surface area contributed by atoms with E-state index < -0.39 is 21.5 Å². The monoisotopic (exact) mass is 276 g/mol. The molecule has 0 saturated heterocycles. The van der Waals surface area contributed by atoms with E-state index in [4.69, 9.17) is 17.3 Å². The Labute approximate surface area is 105 Å². The summed E-state index contributed by atoms with van der Waals surface area (Å²) >= 11 is 5.78. The molecule has 0 atom stereocenters. The lowest BCUT2D eigenvalue weighted by Gasteiger charge is -2.09. The van der Waals surface area contributed by atoms with Gasteiger partial charge in [-0.25, -0.2) is 8.42 Å². The van der Waals surface area contributed by atoms with Gasteiger partial charge in [0.05, 0.1) is 10.7 Å². The van der Waals surface area contributed by atoms with Crippen molar-refractivity contribution >= 4 is 33.0 Å². The lowest BCUT2D eigenvalue weighted by molar-refractivity contribution is -0.118. The number of carbonyl (C=O) groups excluding carboxylic acids is 1. The molecule has 0 fully saturated rings. The van der Waals surface area contributed by atoms with Crippen LogP contribution in [0.25, 0.3) is 0 Å². The highest BCUT2D eigenvalue weighted by molar-refractivity contribution is 7.92. The lowest BCUT2D eigenvalue weighted by atomic mass is 10.3. The molecular weight excluding hydrogens is 264 g/mol. The number of nitrogens with one attached hydrogen (secondary N) is 1. The molecule has 17 heavy (non-hydrogen) atoms. The van der Waals surface area contributed by atoms with Gasteiger partial charge in [0.2, 0.25) is 5.91 Å². The fraction of sp³-hybridized carbons (Fsp3) is 0.300. The van der Waals surface area contributed by atoms with Crippen LogP contribution < -0.4 is 11.1 Å². The van der Waals surface area contributed by atoms with Crippen molar-refractivity contribution in [1.82, 2.24) is 5.32 Å². The van der Waals surface area contributed by atoms with Gasteiger partial charge in [0.1, 0.15) is 10.6 Å². The number of benzene rings is 1. The molecule has 1 aromatic carbocycles. The van der Waals surface area contributed by atoms with Gasteiger partial charge >= 0.3 is 0 Å². The Morgan fingerprint density at radius 1 is 1.47 bits per heavy atom. The normalized spacial score (nSPS) is 11.2. The highest BCUT2D eigenvalue weighted by atomic mass is 35.5. The van der Waals surface area contributed by atoms with Crippen molar-refractivity contribution in [2.45, 2.75) is 11.8 Å². The zero-order chi connectivity index (χ0) is 13.1. The van der Waals surface area contributed by atoms with Gasteiger partial charge in [-0.2, -0.15) is 0 Å². The minimum Gasteiger partial charge on any atom is -0.398 e. The van der Waals surface area contributed by atoms with Crippen LogP contribution in [0.2, 0.25) is 5.02 Å². The molecule has 0 aliphatic heterocycles. The van der Waals surface area contributed by atoms with E-state index in [1.165, 1.54) is 12.1 Å². The second kappa shape index (κ2) is 5.37. The number of halogens is 1. The Kier molecular flexibility index (Phi) is 4.36. The van der Waals surface area contributed by atoms with Crippen molar-refractivity contribution in [3.05, 3.63) is 23.2 Å². The van der Waals surface area contributed by atoms with Gasteiger partial charge in [0.25, 0.3) is 0 Å². The molecule has 1 amide bonds. The molecule has 0 bridgehead atoms. The molecule has 0 saturated carbocycles. The molecule has 0 spiro atoms. The largest absolute Gasteiger partial charge is 0.398 e. The Morgan fingerprint density at radius 2 is 2.12 bits per heavy atom. The van der Waals surface area contributed by atoms with E-state index in [9.17, 15) is 13.2 Å². The highest BCUT2D eigenvalue weighted by Gasteiger charge is 2.24. The molecule has 0 aliphatic carbocycles. The summed E-state index contributed by atoms with van der Waals surface area (Å²) in [7, 11) is -3.81. The van der Waals surface area contributed by atoms with E-state index in [2.05, 4.69) is 5.32 Å². The summed E-state index contributed by atoms with van der Waals surface area (Å²) in [4.78, 5) is 11.1. The van der Waals surface area contributed by atoms with Crippen LogP contribution >= 0.6 is 11.6 Å². The number of carbonyl (C=O) groups is 1. The number of nitrogens with two attached hydrogens (primary N) is 1. The van der Waals surface area contributed by atoms with Crippen molar-refractivity contribution in [1.29, 1.82) is 0 Å². The van der Waals surface area contributed by atoms with Crippen LogP contribution in [-0.4, -0.2) is 26.6 Å². The van der Waals surface area contributed by atoms with Crippen LogP contribution in [-0.2, 0) is 14.6 Å². The second-order valence-electron chi connectivity index (χ2n) is 3.37. The Balaban J connectivity index is 3.10. The topological polar surface area (TPSA) is 89.3 Å². The van der Waals surface area contributed by atoms with Crippen molar-refractivity contribution in [2.75, 3.05) is 18.0 Å². The predicted molar refractivity (Wildman–Crippen MR) is 66.6 cm³/mol. The molecule has 0 aliphatic rings. The molecule has 1 aromatic rings. The molecule has 3 N–H and O–H groups in total. The molecule has 0 unspecified atom stereocenters. The van der Waals surface area contributed by atoms with Gasteiger partial charge in [-0.1, -0.05) is 17.7 Å². The van der Waals surface area contributed by atoms with Crippen LogP contribution in [0, 0.1) is 0 Å². The number of hydrogen-bond acceptors (Lipinski definition) is 4. The summed E-state index contributed by atoms with van der Waals surface area (Å²) in [6, 6.07) is 4.39. The maximum absolute atomic E-state index is 11.9. The second-order valence-corrected chi connectivity index (χ2v) is 5.70. The lowest BCUT2D eigenvalue weighted by Crippen LogP contribution is -2.30. The summed E-state index contributed by atoms with van der Waals surface area (Å²) < 4.78 is 23.9. The van der Waals surface area contributed by atoms with Crippen molar-refractivity contribution < 1.29 is 13.2 Å². The number of rotatable bonds is 4. The van der Waals surface area contributed by atoms with E-state index in [1.54, 1.807) is 13.0 Å². The molecule has 94 valence electrons. The highest BCUT2D eigenvalue weighted by Crippen LogP contribution is 2.27. The maximum atomic E-state index is 11.9. The van der Waals surface area contributed by atoms with Crippen molar-refractivity contribution in [3.63, 3.8) is 0 Å². The molecule has 0 heterocycles.